The molecule has 0 spiro atoms. The van der Waals surface area contributed by atoms with Gasteiger partial charge in [-0.3, -0.25) is 0 Å². The van der Waals surface area contributed by atoms with E-state index < -0.39 is 0 Å². The smallest absolute Gasteiger partial charge is 0.333 e. The zero-order valence-electron chi connectivity index (χ0n) is 14.5. The largest absolute Gasteiger partial charge is 1.00 e. The van der Waals surface area contributed by atoms with Gasteiger partial charge in [0.25, 0.3) is 0 Å². The molecule has 22 heavy (non-hydrogen) atoms. The van der Waals surface area contributed by atoms with E-state index >= 15 is 0 Å². The molecule has 2 rings (SSSR count). The normalized spacial score (nSPS) is 10.5. The van der Waals surface area contributed by atoms with Gasteiger partial charge in [0, 0.05) is 0 Å². The zero-order valence-corrected chi connectivity index (χ0v) is 15.4. The molecule has 0 bridgehead atoms. The second kappa shape index (κ2) is 10.4. The first-order valence-corrected chi connectivity index (χ1v) is 7.03. The summed E-state index contributed by atoms with van der Waals surface area (Å²) in [5.74, 6) is 0. The van der Waals surface area contributed by atoms with E-state index in [1.165, 1.54) is 11.1 Å². The van der Waals surface area contributed by atoms with Gasteiger partial charge in [0.1, 0.15) is 0 Å². The van der Waals surface area contributed by atoms with Crippen molar-refractivity contribution < 1.29 is 35.9 Å². The molecule has 0 unspecified atom stereocenters. The van der Waals surface area contributed by atoms with E-state index in [2.05, 4.69) is 65.8 Å². The molecule has 0 saturated heterocycles. The van der Waals surface area contributed by atoms with Crippen molar-refractivity contribution in [3.63, 3.8) is 0 Å². The van der Waals surface area contributed by atoms with Crippen LogP contribution in [0.1, 0.15) is 38.8 Å². The second-order valence-electron chi connectivity index (χ2n) is 6.50. The molecule has 0 saturated carbocycles. The van der Waals surface area contributed by atoms with Crippen LogP contribution in [0.4, 0.5) is 0 Å². The summed E-state index contributed by atoms with van der Waals surface area (Å²) in [6.45, 7) is 16.5. The Hall–Kier alpha value is -0.443. The van der Waals surface area contributed by atoms with E-state index in [4.69, 9.17) is 0 Å². The minimum absolute atomic E-state index is 0. The van der Waals surface area contributed by atoms with Gasteiger partial charge in [-0.2, -0.15) is 0 Å². The molecule has 0 nitrogen and oxygen atoms in total. The van der Waals surface area contributed by atoms with Crippen LogP contribution in [0.5, 0.6) is 0 Å². The molecule has 0 aliphatic carbocycles. The maximum Gasteiger partial charge on any atom is 1.00 e. The Kier molecular flexibility index (Phi) is 11.2. The first-order valence-electron chi connectivity index (χ1n) is 7.03. The van der Waals surface area contributed by atoms with Crippen LogP contribution < -0.4 is 18.9 Å². The Balaban J connectivity index is 0. The van der Waals surface area contributed by atoms with Gasteiger partial charge in [-0.05, 0) is 0 Å². The van der Waals surface area contributed by atoms with E-state index in [0.29, 0.717) is 0 Å². The van der Waals surface area contributed by atoms with E-state index in [-0.39, 0.29) is 46.8 Å². The Morgan fingerprint density at radius 2 is 0.818 bits per heavy atom. The summed E-state index contributed by atoms with van der Waals surface area (Å²) in [4.78, 5) is 0. The van der Waals surface area contributed by atoms with Crippen LogP contribution in [0, 0.1) is 13.8 Å². The third-order valence-electron chi connectivity index (χ3n) is 3.11. The van der Waals surface area contributed by atoms with Crippen LogP contribution in [-0.2, 0) is 27.9 Å². The van der Waals surface area contributed by atoms with Crippen LogP contribution in [0.2, 0.25) is 0 Å². The number of hydrogen-bond donors (Lipinski definition) is 0. The van der Waals surface area contributed by atoms with E-state index in [1.807, 2.05) is 36.4 Å². The van der Waals surface area contributed by atoms with Gasteiger partial charge in [-0.1, -0.05) is 99.5 Å². The molecule has 118 valence electrons. The molecule has 0 atom stereocenters. The fourth-order valence-corrected chi connectivity index (χ4v) is 1.78. The van der Waals surface area contributed by atoms with E-state index in [1.54, 1.807) is 0 Å². The minimum atomic E-state index is 0. The van der Waals surface area contributed by atoms with Crippen molar-refractivity contribution in [1.29, 1.82) is 0 Å². The average molecular weight is 337 g/mol. The Labute approximate surface area is 159 Å². The maximum atomic E-state index is 4.04. The quantitative estimate of drug-likeness (QED) is 0.584. The predicted octanol–water partition coefficient (Wildman–Crippen LogP) is 2.60. The average Bonchev–Trinajstić information content (AvgIpc) is 2.40. The van der Waals surface area contributed by atoms with Crippen LogP contribution >= 0.6 is 0 Å². The van der Waals surface area contributed by atoms with Crippen LogP contribution in [0.15, 0.2) is 60.7 Å². The van der Waals surface area contributed by atoms with Gasteiger partial charge in [0.05, 0.1) is 0 Å². The van der Waals surface area contributed by atoms with Crippen LogP contribution in [-0.4, -0.2) is 0 Å². The fraction of sp³-hybridized carbons (Fsp3) is 0.300. The molecule has 0 aliphatic rings. The van der Waals surface area contributed by atoms with Crippen molar-refractivity contribution in [2.24, 2.45) is 0 Å². The third kappa shape index (κ3) is 8.87. The predicted molar refractivity (Wildman–Crippen MR) is 89.7 cm³/mol. The summed E-state index contributed by atoms with van der Waals surface area (Å²) in [5.41, 5.74) is 2.66. The number of rotatable bonds is 2. The van der Waals surface area contributed by atoms with Crippen LogP contribution in [0.25, 0.3) is 0 Å². The Morgan fingerprint density at radius 1 is 0.591 bits per heavy atom. The zero-order chi connectivity index (χ0) is 15.2. The molecule has 0 N–H and O–H groups in total. The molecule has 2 heteroatoms. The van der Waals surface area contributed by atoms with E-state index in [9.17, 15) is 0 Å². The molecule has 2 aromatic carbocycles. The standard InChI is InChI=1S/2C10H13.Cu.Li/c2*1-10(2,3)9-7-5-4-6-8-9;;/h2*4-8H,1H2,2-3H3;;/q2*-1;2*+1. The van der Waals surface area contributed by atoms with Crippen molar-refractivity contribution in [3.05, 3.63) is 85.6 Å². The molecule has 0 aromatic heterocycles. The van der Waals surface area contributed by atoms with Gasteiger partial charge in [0.2, 0.25) is 0 Å². The van der Waals surface area contributed by atoms with Gasteiger partial charge in [0.15, 0.2) is 0 Å². The van der Waals surface area contributed by atoms with Crippen molar-refractivity contribution in [1.82, 2.24) is 0 Å². The number of hydrogen-bond acceptors (Lipinski definition) is 0. The topological polar surface area (TPSA) is 0 Å². The molecular formula is C20H26CuLi. The monoisotopic (exact) mass is 336 g/mol. The number of benzene rings is 2. The molecule has 0 heterocycles. The van der Waals surface area contributed by atoms with Crippen molar-refractivity contribution in [3.8, 4) is 0 Å². The second-order valence-corrected chi connectivity index (χ2v) is 6.50. The van der Waals surface area contributed by atoms with Crippen molar-refractivity contribution >= 4 is 0 Å². The summed E-state index contributed by atoms with van der Waals surface area (Å²) in [6.07, 6.45) is 0. The molecule has 2 aromatic rings. The fourth-order valence-electron chi connectivity index (χ4n) is 1.78. The molecule has 0 fully saturated rings. The Morgan fingerprint density at radius 3 is 0.955 bits per heavy atom. The third-order valence-corrected chi connectivity index (χ3v) is 3.11. The first-order chi connectivity index (χ1) is 9.21. The maximum absolute atomic E-state index is 4.04. The first kappa shape index (κ1) is 23.8. The van der Waals surface area contributed by atoms with E-state index in [0.717, 1.165) is 0 Å². The summed E-state index contributed by atoms with van der Waals surface area (Å²) in [7, 11) is 0. The van der Waals surface area contributed by atoms with Crippen molar-refractivity contribution in [2.75, 3.05) is 0 Å². The van der Waals surface area contributed by atoms with Gasteiger partial charge >= 0.3 is 35.9 Å². The molecule has 0 aliphatic heterocycles. The van der Waals surface area contributed by atoms with Gasteiger partial charge < -0.3 is 13.8 Å². The molecule has 0 amide bonds. The minimum Gasteiger partial charge on any atom is -0.333 e. The van der Waals surface area contributed by atoms with Crippen LogP contribution in [0.3, 0.4) is 0 Å². The molecular weight excluding hydrogens is 311 g/mol. The summed E-state index contributed by atoms with van der Waals surface area (Å²) < 4.78 is 0. The summed E-state index contributed by atoms with van der Waals surface area (Å²) >= 11 is 0. The summed E-state index contributed by atoms with van der Waals surface area (Å²) in [5, 5.41) is 0. The Bertz CT molecular complexity index is 443. The molecule has 0 radical (unpaired) electrons. The summed E-state index contributed by atoms with van der Waals surface area (Å²) in [6, 6.07) is 20.6. The van der Waals surface area contributed by atoms with Gasteiger partial charge in [-0.25, -0.2) is 0 Å². The van der Waals surface area contributed by atoms with Gasteiger partial charge in [-0.15, -0.1) is 10.8 Å². The SMILES string of the molecule is [CH2-]C(C)(C)c1ccccc1.[CH2-]C(C)(C)c1ccccc1.[Cu+].[Li+]. The van der Waals surface area contributed by atoms with Crippen molar-refractivity contribution in [2.45, 2.75) is 38.5 Å².